The predicted molar refractivity (Wildman–Crippen MR) is 111 cm³/mol. The van der Waals surface area contributed by atoms with Gasteiger partial charge in [0.1, 0.15) is 0 Å². The summed E-state index contributed by atoms with van der Waals surface area (Å²) in [5.74, 6) is 1.03. The van der Waals surface area contributed by atoms with E-state index in [4.69, 9.17) is 4.74 Å². The maximum absolute atomic E-state index is 14.0. The molecule has 4 nitrogen and oxygen atoms in total. The zero-order valence-corrected chi connectivity index (χ0v) is 18.0. The fourth-order valence-corrected chi connectivity index (χ4v) is 7.80. The molecule has 0 radical (unpaired) electrons. The third-order valence-corrected chi connectivity index (χ3v) is 9.43. The summed E-state index contributed by atoms with van der Waals surface area (Å²) in [6, 6.07) is 6.45. The van der Waals surface area contributed by atoms with Crippen LogP contribution in [0.1, 0.15) is 65.2 Å². The first-order valence-corrected chi connectivity index (χ1v) is 11.6. The topological polar surface area (TPSA) is 55.4 Å². The zero-order chi connectivity index (χ0) is 21.1. The number of carbonyl (C=O) groups excluding carboxylic acids is 2. The highest BCUT2D eigenvalue weighted by molar-refractivity contribution is 5.77. The van der Waals surface area contributed by atoms with Crippen LogP contribution in [0.15, 0.2) is 24.3 Å². The van der Waals surface area contributed by atoms with Crippen LogP contribution < -0.4 is 10.1 Å². The van der Waals surface area contributed by atoms with E-state index >= 15 is 0 Å². The van der Waals surface area contributed by atoms with Crippen molar-refractivity contribution in [1.29, 1.82) is 0 Å². The number of ether oxygens (including phenoxy) is 1. The Morgan fingerprint density at radius 1 is 1.03 bits per heavy atom. The van der Waals surface area contributed by atoms with Crippen molar-refractivity contribution in [3.05, 3.63) is 30.1 Å². The smallest absolute Gasteiger partial charge is 0.314 e. The van der Waals surface area contributed by atoms with E-state index in [1.807, 2.05) is 0 Å². The second-order valence-electron chi connectivity index (χ2n) is 10.6. The molecule has 1 aromatic carbocycles. The summed E-state index contributed by atoms with van der Waals surface area (Å²) in [4.78, 5) is 25.0. The minimum atomic E-state index is -0.486. The van der Waals surface area contributed by atoms with Crippen LogP contribution in [0.5, 0.6) is 5.75 Å². The van der Waals surface area contributed by atoms with Crippen molar-refractivity contribution in [2.45, 2.75) is 71.3 Å². The van der Waals surface area contributed by atoms with E-state index in [1.165, 1.54) is 12.1 Å². The van der Waals surface area contributed by atoms with E-state index in [2.05, 4.69) is 19.2 Å². The molecule has 1 heterocycles. The molecule has 3 aliphatic carbocycles. The molecule has 4 fully saturated rings. The second-order valence-corrected chi connectivity index (χ2v) is 10.6. The van der Waals surface area contributed by atoms with E-state index in [-0.39, 0.29) is 34.4 Å². The normalized spacial score (nSPS) is 42.5. The SMILES string of the molecule is C[C@]12CCC(=O)N[C@@H]1CC[C@@H]1[C@@H]2CC[C@]2(C)[C@@H](C(=O)Oc3ccccc3F)CC[C@@H]12. The number of nitrogens with one attached hydrogen (secondary N) is 1. The average molecular weight is 414 g/mol. The number of piperidine rings is 1. The minimum absolute atomic E-state index is 0.0363. The molecule has 3 saturated carbocycles. The lowest BCUT2D eigenvalue weighted by molar-refractivity contribution is -0.150. The molecule has 1 N–H and O–H groups in total. The van der Waals surface area contributed by atoms with E-state index in [9.17, 15) is 14.0 Å². The first-order chi connectivity index (χ1) is 14.3. The molecule has 162 valence electrons. The van der Waals surface area contributed by atoms with Gasteiger partial charge in [-0.25, -0.2) is 4.39 Å². The van der Waals surface area contributed by atoms with E-state index < -0.39 is 5.82 Å². The van der Waals surface area contributed by atoms with Gasteiger partial charge in [0.15, 0.2) is 11.6 Å². The molecule has 1 aromatic rings. The average Bonchev–Trinajstić information content (AvgIpc) is 3.07. The van der Waals surface area contributed by atoms with Crippen molar-refractivity contribution in [3.63, 3.8) is 0 Å². The summed E-state index contributed by atoms with van der Waals surface area (Å²) < 4.78 is 19.5. The maximum atomic E-state index is 14.0. The van der Waals surface area contributed by atoms with Crippen molar-refractivity contribution in [1.82, 2.24) is 5.32 Å². The van der Waals surface area contributed by atoms with Gasteiger partial charge in [0.05, 0.1) is 5.92 Å². The van der Waals surface area contributed by atoms with Crippen LogP contribution in [0, 0.1) is 40.3 Å². The van der Waals surface area contributed by atoms with Crippen molar-refractivity contribution < 1.29 is 18.7 Å². The molecule has 5 heteroatoms. The van der Waals surface area contributed by atoms with Gasteiger partial charge in [-0.15, -0.1) is 0 Å². The lowest BCUT2D eigenvalue weighted by Crippen LogP contribution is -2.61. The fourth-order valence-electron chi connectivity index (χ4n) is 7.80. The van der Waals surface area contributed by atoms with Gasteiger partial charge in [-0.2, -0.15) is 0 Å². The Hall–Kier alpha value is -1.91. The second kappa shape index (κ2) is 7.06. The highest BCUT2D eigenvalue weighted by Gasteiger charge is 2.61. The van der Waals surface area contributed by atoms with Crippen LogP contribution >= 0.6 is 0 Å². The highest BCUT2D eigenvalue weighted by Crippen LogP contribution is 2.65. The summed E-state index contributed by atoms with van der Waals surface area (Å²) in [6.07, 6.45) is 7.76. The molecule has 5 rings (SSSR count). The van der Waals surface area contributed by atoms with Gasteiger partial charge < -0.3 is 10.1 Å². The molecule has 0 bridgehead atoms. The number of esters is 1. The Balaban J connectivity index is 1.36. The number of rotatable bonds is 2. The molecule has 1 saturated heterocycles. The van der Waals surface area contributed by atoms with Gasteiger partial charge in [0.25, 0.3) is 0 Å². The number of hydrogen-bond acceptors (Lipinski definition) is 3. The first-order valence-electron chi connectivity index (χ1n) is 11.6. The number of benzene rings is 1. The molecular formula is C25H32FNO3. The van der Waals surface area contributed by atoms with Crippen LogP contribution in [0.2, 0.25) is 0 Å². The molecule has 0 aromatic heterocycles. The molecule has 7 atom stereocenters. The molecule has 1 amide bonds. The lowest BCUT2D eigenvalue weighted by Gasteiger charge is -2.60. The summed E-state index contributed by atoms with van der Waals surface area (Å²) in [6.45, 7) is 4.65. The highest BCUT2D eigenvalue weighted by atomic mass is 19.1. The number of para-hydroxylation sites is 1. The standard InChI is InChI=1S/C25H32FNO3/c1-24-13-11-17-15(7-10-21-25(17,2)14-12-22(28)27-21)16(24)8-9-18(24)23(29)30-20-6-4-3-5-19(20)26/h3-6,15-18,21H,7-14H2,1-2H3,(H,27,28)/t15-,16-,17-,18+,21+,24-,25+/m0/s1. The van der Waals surface area contributed by atoms with Crippen molar-refractivity contribution >= 4 is 11.9 Å². The van der Waals surface area contributed by atoms with Crippen LogP contribution in [-0.2, 0) is 9.59 Å². The fraction of sp³-hybridized carbons (Fsp3) is 0.680. The van der Waals surface area contributed by atoms with E-state index in [0.29, 0.717) is 30.2 Å². The molecule has 4 aliphatic rings. The van der Waals surface area contributed by atoms with E-state index in [0.717, 1.165) is 44.9 Å². The molecule has 1 aliphatic heterocycles. The Kier molecular flexibility index (Phi) is 4.71. The molecule has 30 heavy (non-hydrogen) atoms. The van der Waals surface area contributed by atoms with Crippen LogP contribution in [0.4, 0.5) is 4.39 Å². The number of carbonyl (C=O) groups is 2. The summed E-state index contributed by atoms with van der Waals surface area (Å²) in [5, 5.41) is 3.27. The van der Waals surface area contributed by atoms with Crippen LogP contribution in [-0.4, -0.2) is 17.9 Å². The van der Waals surface area contributed by atoms with Gasteiger partial charge in [0.2, 0.25) is 5.91 Å². The van der Waals surface area contributed by atoms with Gasteiger partial charge in [-0.1, -0.05) is 26.0 Å². The van der Waals surface area contributed by atoms with Gasteiger partial charge >= 0.3 is 5.97 Å². The van der Waals surface area contributed by atoms with Crippen molar-refractivity contribution in [2.24, 2.45) is 34.5 Å². The quantitative estimate of drug-likeness (QED) is 0.556. The van der Waals surface area contributed by atoms with Gasteiger partial charge in [0, 0.05) is 12.5 Å². The zero-order valence-electron chi connectivity index (χ0n) is 18.0. The monoisotopic (exact) mass is 413 g/mol. The summed E-state index contributed by atoms with van der Waals surface area (Å²) in [7, 11) is 0. The Morgan fingerprint density at radius 2 is 1.80 bits per heavy atom. The lowest BCUT2D eigenvalue weighted by atomic mass is 9.47. The number of amides is 1. The third-order valence-electron chi connectivity index (χ3n) is 9.43. The van der Waals surface area contributed by atoms with Crippen LogP contribution in [0.25, 0.3) is 0 Å². The minimum Gasteiger partial charge on any atom is -0.423 e. The number of fused-ring (bicyclic) bond motifs is 5. The van der Waals surface area contributed by atoms with Crippen molar-refractivity contribution in [2.75, 3.05) is 0 Å². The van der Waals surface area contributed by atoms with Crippen molar-refractivity contribution in [3.8, 4) is 5.75 Å². The summed E-state index contributed by atoms with van der Waals surface area (Å²) in [5.41, 5.74) is 0.0918. The Labute approximate surface area is 177 Å². The molecule has 0 spiro atoms. The summed E-state index contributed by atoms with van der Waals surface area (Å²) >= 11 is 0. The maximum Gasteiger partial charge on any atom is 0.314 e. The largest absolute Gasteiger partial charge is 0.423 e. The number of halogens is 1. The van der Waals surface area contributed by atoms with E-state index in [1.54, 1.807) is 12.1 Å². The number of hydrogen-bond donors (Lipinski definition) is 1. The third kappa shape index (κ3) is 2.91. The predicted octanol–water partition coefficient (Wildman–Crippen LogP) is 4.87. The first kappa shape index (κ1) is 20.0. The molecular weight excluding hydrogens is 381 g/mol. The van der Waals surface area contributed by atoms with Gasteiger partial charge in [-0.05, 0) is 85.7 Å². The van der Waals surface area contributed by atoms with Gasteiger partial charge in [-0.3, -0.25) is 9.59 Å². The van der Waals surface area contributed by atoms with Crippen LogP contribution in [0.3, 0.4) is 0 Å². The molecule has 0 unspecified atom stereocenters. The Bertz CT molecular complexity index is 872. The Morgan fingerprint density at radius 3 is 2.60 bits per heavy atom.